The smallest absolute Gasteiger partial charge is 0.247 e. The Bertz CT molecular complexity index is 333. The summed E-state index contributed by atoms with van der Waals surface area (Å²) in [6.07, 6.45) is -0.669. The molecule has 0 aromatic carbocycles. The first kappa shape index (κ1) is 13.5. The van der Waals surface area contributed by atoms with Crippen LogP contribution in [0.3, 0.4) is 0 Å². The third kappa shape index (κ3) is 6.92. The Balaban J connectivity index is 4.19. The Morgan fingerprint density at radius 1 is 1.57 bits per heavy atom. The monoisotopic (exact) mass is 240 g/mol. The van der Waals surface area contributed by atoms with Crippen LogP contribution in [0, 0.1) is 11.3 Å². The maximum absolute atomic E-state index is 11.0. The molecule has 0 radical (unpaired) electrons. The molecule has 0 amide bonds. The van der Waals surface area contributed by atoms with Crippen LogP contribution >= 0.6 is 8.03 Å². The predicted molar refractivity (Wildman–Crippen MR) is 49.4 cm³/mol. The van der Waals surface area contributed by atoms with Crippen LogP contribution in [0.1, 0.15) is 6.92 Å². The summed E-state index contributed by atoms with van der Waals surface area (Å²) in [7, 11) is -5.74. The van der Waals surface area contributed by atoms with E-state index >= 15 is 0 Å². The second kappa shape index (κ2) is 6.04. The van der Waals surface area contributed by atoms with Crippen LogP contribution in [0.2, 0.25) is 0 Å². The fraction of sp³-hybridized carbons (Fsp3) is 0.833. The van der Waals surface area contributed by atoms with Crippen LogP contribution in [0.5, 0.6) is 0 Å². The van der Waals surface area contributed by atoms with Crippen molar-refractivity contribution in [2.45, 2.75) is 13.0 Å². The molecule has 0 saturated heterocycles. The molecule has 2 unspecified atom stereocenters. The van der Waals surface area contributed by atoms with E-state index in [0.717, 1.165) is 6.26 Å². The Morgan fingerprint density at radius 2 is 2.14 bits per heavy atom. The van der Waals surface area contributed by atoms with Crippen molar-refractivity contribution in [2.24, 2.45) is 0 Å². The third-order valence-electron chi connectivity index (χ3n) is 1.02. The quantitative estimate of drug-likeness (QED) is 0.499. The minimum atomic E-state index is -3.70. The van der Waals surface area contributed by atoms with Crippen molar-refractivity contribution in [2.75, 3.05) is 19.0 Å². The standard InChI is InChI=1S/C6H11NO5PS/c1-3-11-13(8)5-6(4-7)12-14(2,9)10/h6H,3,5H2,1-2H3/q+1. The average molecular weight is 240 g/mol. The van der Waals surface area contributed by atoms with E-state index in [1.807, 2.05) is 0 Å². The summed E-state index contributed by atoms with van der Waals surface area (Å²) >= 11 is 0. The lowest BCUT2D eigenvalue weighted by molar-refractivity contribution is 0.276. The van der Waals surface area contributed by atoms with E-state index in [-0.39, 0.29) is 12.8 Å². The van der Waals surface area contributed by atoms with Gasteiger partial charge in [-0.15, -0.1) is 4.52 Å². The van der Waals surface area contributed by atoms with Crippen LogP contribution in [0.25, 0.3) is 0 Å². The Kier molecular flexibility index (Phi) is 5.81. The largest absolute Gasteiger partial charge is 0.512 e. The normalized spacial score (nSPS) is 14.5. The SMILES string of the molecule is CCO[P+](=O)CC(C#N)OS(C)(=O)=O. The average Bonchev–Trinajstić information content (AvgIpc) is 2.01. The Hall–Kier alpha value is -0.540. The molecular formula is C6H11NO5PS+. The summed E-state index contributed by atoms with van der Waals surface area (Å²) in [4.78, 5) is 0. The molecule has 0 heterocycles. The van der Waals surface area contributed by atoms with E-state index in [1.54, 1.807) is 13.0 Å². The molecular weight excluding hydrogens is 229 g/mol. The van der Waals surface area contributed by atoms with Crippen molar-refractivity contribution in [1.82, 2.24) is 0 Å². The van der Waals surface area contributed by atoms with Gasteiger partial charge in [-0.1, -0.05) is 0 Å². The van der Waals surface area contributed by atoms with Crippen LogP contribution in [0.4, 0.5) is 0 Å². The number of nitriles is 1. The fourth-order valence-electron chi connectivity index (χ4n) is 0.636. The third-order valence-corrected chi connectivity index (χ3v) is 2.78. The van der Waals surface area contributed by atoms with Gasteiger partial charge in [-0.2, -0.15) is 13.7 Å². The highest BCUT2D eigenvalue weighted by Gasteiger charge is 2.27. The lowest BCUT2D eigenvalue weighted by Gasteiger charge is -2.01. The maximum atomic E-state index is 11.0. The van der Waals surface area contributed by atoms with Gasteiger partial charge in [0.15, 0.2) is 0 Å². The van der Waals surface area contributed by atoms with Gasteiger partial charge < -0.3 is 0 Å². The maximum Gasteiger partial charge on any atom is 0.512 e. The van der Waals surface area contributed by atoms with Crippen LogP contribution < -0.4 is 0 Å². The van der Waals surface area contributed by atoms with Gasteiger partial charge in [0.05, 0.1) is 12.9 Å². The van der Waals surface area contributed by atoms with Crippen LogP contribution in [0.15, 0.2) is 0 Å². The number of hydrogen-bond acceptors (Lipinski definition) is 6. The zero-order valence-corrected chi connectivity index (χ0v) is 9.55. The molecule has 0 bridgehead atoms. The first-order valence-electron chi connectivity index (χ1n) is 3.74. The minimum absolute atomic E-state index is 0.242. The summed E-state index contributed by atoms with van der Waals surface area (Å²) in [6.45, 7) is 1.89. The molecule has 8 heteroatoms. The van der Waals surface area contributed by atoms with Gasteiger partial charge in [-0.25, -0.2) is 4.18 Å². The number of hydrogen-bond donors (Lipinski definition) is 0. The summed E-state index contributed by atoms with van der Waals surface area (Å²) in [5.74, 6) is 0. The van der Waals surface area contributed by atoms with E-state index in [1.165, 1.54) is 0 Å². The molecule has 0 aliphatic heterocycles. The molecule has 0 aliphatic rings. The molecule has 0 aromatic rings. The van der Waals surface area contributed by atoms with E-state index < -0.39 is 24.3 Å². The highest BCUT2D eigenvalue weighted by Crippen LogP contribution is 2.23. The summed E-state index contributed by atoms with van der Waals surface area (Å²) < 4.78 is 41.3. The number of rotatable bonds is 6. The molecule has 6 nitrogen and oxygen atoms in total. The molecule has 0 aromatic heterocycles. The second-order valence-corrected chi connectivity index (χ2v) is 5.24. The summed E-state index contributed by atoms with van der Waals surface area (Å²) in [5, 5.41) is 8.48. The van der Waals surface area contributed by atoms with Gasteiger partial charge in [0, 0.05) is 0 Å². The van der Waals surface area contributed by atoms with Crippen molar-refractivity contribution in [3.8, 4) is 6.07 Å². The van der Waals surface area contributed by atoms with E-state index in [0.29, 0.717) is 0 Å². The molecule has 2 atom stereocenters. The van der Waals surface area contributed by atoms with Gasteiger partial charge in [0.25, 0.3) is 10.1 Å². The summed E-state index contributed by atoms with van der Waals surface area (Å²) in [6, 6.07) is 1.58. The van der Waals surface area contributed by atoms with Gasteiger partial charge in [-0.05, 0) is 11.5 Å². The molecule has 0 saturated carbocycles. The van der Waals surface area contributed by atoms with Crippen molar-refractivity contribution >= 4 is 18.1 Å². The lowest BCUT2D eigenvalue weighted by Crippen LogP contribution is -2.18. The zero-order valence-electron chi connectivity index (χ0n) is 7.84. The molecule has 0 N–H and O–H groups in total. The van der Waals surface area contributed by atoms with Crippen molar-refractivity contribution in [3.63, 3.8) is 0 Å². The molecule has 0 rings (SSSR count). The topological polar surface area (TPSA) is 93.5 Å². The first-order valence-corrected chi connectivity index (χ1v) is 6.92. The van der Waals surface area contributed by atoms with Crippen molar-refractivity contribution < 1.29 is 21.7 Å². The summed E-state index contributed by atoms with van der Waals surface area (Å²) in [5.41, 5.74) is 0. The Morgan fingerprint density at radius 3 is 2.50 bits per heavy atom. The van der Waals surface area contributed by atoms with Gasteiger partial charge in [-0.3, -0.25) is 0 Å². The molecule has 80 valence electrons. The highest BCUT2D eigenvalue weighted by atomic mass is 32.2. The van der Waals surface area contributed by atoms with Gasteiger partial charge >= 0.3 is 8.03 Å². The first-order chi connectivity index (χ1) is 6.39. The molecule has 0 aliphatic carbocycles. The second-order valence-electron chi connectivity index (χ2n) is 2.35. The lowest BCUT2D eigenvalue weighted by atomic mass is 10.5. The predicted octanol–water partition coefficient (Wildman–Crippen LogP) is 0.634. The van der Waals surface area contributed by atoms with Crippen molar-refractivity contribution in [1.29, 1.82) is 5.26 Å². The fourth-order valence-corrected chi connectivity index (χ4v) is 2.09. The molecule has 0 spiro atoms. The van der Waals surface area contributed by atoms with Crippen LogP contribution in [-0.2, 0) is 23.4 Å². The molecule has 14 heavy (non-hydrogen) atoms. The molecule has 0 fully saturated rings. The van der Waals surface area contributed by atoms with E-state index in [4.69, 9.17) is 5.26 Å². The van der Waals surface area contributed by atoms with Crippen LogP contribution in [-0.4, -0.2) is 33.5 Å². The Labute approximate surface area is 83.8 Å². The van der Waals surface area contributed by atoms with Gasteiger partial charge in [0.2, 0.25) is 12.3 Å². The highest BCUT2D eigenvalue weighted by molar-refractivity contribution is 7.86. The van der Waals surface area contributed by atoms with E-state index in [9.17, 15) is 13.0 Å². The van der Waals surface area contributed by atoms with E-state index in [2.05, 4.69) is 8.71 Å². The zero-order chi connectivity index (χ0) is 11.2. The number of nitrogens with zero attached hydrogens (tertiary/aromatic N) is 1. The van der Waals surface area contributed by atoms with Gasteiger partial charge in [0.1, 0.15) is 6.07 Å². The van der Waals surface area contributed by atoms with Crippen molar-refractivity contribution in [3.05, 3.63) is 0 Å². The minimum Gasteiger partial charge on any atom is -0.247 e.